The number of hydrogen-bond acceptors (Lipinski definition) is 1. The molecule has 64 valence electrons. The molecule has 0 amide bonds. The van der Waals surface area contributed by atoms with E-state index in [2.05, 4.69) is 25.7 Å². The summed E-state index contributed by atoms with van der Waals surface area (Å²) in [6, 6.07) is 0.720. The zero-order valence-corrected chi connectivity index (χ0v) is 7.69. The maximum atomic E-state index is 3.95. The lowest BCUT2D eigenvalue weighted by atomic mass is 10.1. The van der Waals surface area contributed by atoms with Gasteiger partial charge in [-0.1, -0.05) is 20.4 Å². The van der Waals surface area contributed by atoms with Crippen LogP contribution in [0.25, 0.3) is 0 Å². The second-order valence-corrected chi connectivity index (χ2v) is 3.72. The van der Waals surface area contributed by atoms with Gasteiger partial charge in [-0.2, -0.15) is 0 Å². The van der Waals surface area contributed by atoms with Gasteiger partial charge in [-0.05, 0) is 31.6 Å². The first-order valence-electron chi connectivity index (χ1n) is 4.66. The third-order valence-electron chi connectivity index (χ3n) is 2.53. The van der Waals surface area contributed by atoms with E-state index in [1.165, 1.54) is 25.0 Å². The number of hydrogen-bond donors (Lipinski definition) is 1. The topological polar surface area (TPSA) is 12.0 Å². The second kappa shape index (κ2) is 3.80. The van der Waals surface area contributed by atoms with Crippen LogP contribution in [-0.4, -0.2) is 6.04 Å². The van der Waals surface area contributed by atoms with E-state index in [0.29, 0.717) is 0 Å². The molecule has 0 bridgehead atoms. The lowest BCUT2D eigenvalue weighted by Crippen LogP contribution is -2.24. The summed E-state index contributed by atoms with van der Waals surface area (Å²) in [5, 5.41) is 3.46. The van der Waals surface area contributed by atoms with Crippen molar-refractivity contribution in [2.24, 2.45) is 5.92 Å². The normalized spacial score (nSPS) is 30.4. The Kier molecular flexibility index (Phi) is 2.98. The molecule has 0 spiro atoms. The molecule has 0 radical (unpaired) electrons. The summed E-state index contributed by atoms with van der Waals surface area (Å²) in [4.78, 5) is 0. The van der Waals surface area contributed by atoms with Crippen molar-refractivity contribution in [1.82, 2.24) is 5.32 Å². The summed E-state index contributed by atoms with van der Waals surface area (Å²) >= 11 is 0. The molecule has 1 N–H and O–H groups in total. The van der Waals surface area contributed by atoms with Gasteiger partial charge in [0, 0.05) is 11.7 Å². The molecule has 11 heavy (non-hydrogen) atoms. The molecule has 0 saturated heterocycles. The third-order valence-corrected chi connectivity index (χ3v) is 2.53. The van der Waals surface area contributed by atoms with E-state index >= 15 is 0 Å². The summed E-state index contributed by atoms with van der Waals surface area (Å²) in [7, 11) is 0. The fourth-order valence-corrected chi connectivity index (χ4v) is 1.73. The Hall–Kier alpha value is -0.460. The standard InChI is InChI=1S/C10H19N/c1-4-9(3)11-10-6-5-8(2)7-10/h8,10-11H,3-7H2,1-2H3/t8-,10?/m0/s1. The molecule has 0 aliphatic heterocycles. The predicted molar refractivity (Wildman–Crippen MR) is 49.4 cm³/mol. The maximum absolute atomic E-state index is 3.95. The average molecular weight is 153 g/mol. The van der Waals surface area contributed by atoms with Crippen LogP contribution in [0.5, 0.6) is 0 Å². The van der Waals surface area contributed by atoms with E-state index in [1.54, 1.807) is 0 Å². The Bertz CT molecular complexity index is 140. The summed E-state index contributed by atoms with van der Waals surface area (Å²) in [5.74, 6) is 0.914. The van der Waals surface area contributed by atoms with E-state index in [1.807, 2.05) is 0 Å². The minimum absolute atomic E-state index is 0.720. The van der Waals surface area contributed by atoms with Gasteiger partial charge in [0.15, 0.2) is 0 Å². The zero-order valence-electron chi connectivity index (χ0n) is 7.69. The van der Waals surface area contributed by atoms with Gasteiger partial charge in [0.2, 0.25) is 0 Å². The Morgan fingerprint density at radius 1 is 1.55 bits per heavy atom. The zero-order chi connectivity index (χ0) is 8.27. The van der Waals surface area contributed by atoms with Gasteiger partial charge in [-0.15, -0.1) is 0 Å². The van der Waals surface area contributed by atoms with Crippen LogP contribution in [0.4, 0.5) is 0 Å². The molecule has 0 aromatic rings. The van der Waals surface area contributed by atoms with Gasteiger partial charge >= 0.3 is 0 Å². The second-order valence-electron chi connectivity index (χ2n) is 3.72. The maximum Gasteiger partial charge on any atom is 0.0260 e. The first-order chi connectivity index (χ1) is 5.22. The SMILES string of the molecule is C=C(CC)NC1CC[C@H](C)C1. The fraction of sp³-hybridized carbons (Fsp3) is 0.800. The highest BCUT2D eigenvalue weighted by atomic mass is 14.9. The molecule has 1 aliphatic rings. The lowest BCUT2D eigenvalue weighted by molar-refractivity contribution is 0.540. The van der Waals surface area contributed by atoms with Crippen molar-refractivity contribution in [2.75, 3.05) is 0 Å². The number of rotatable bonds is 3. The Morgan fingerprint density at radius 2 is 2.27 bits per heavy atom. The van der Waals surface area contributed by atoms with Crippen LogP contribution in [-0.2, 0) is 0 Å². The van der Waals surface area contributed by atoms with Crippen molar-refractivity contribution in [3.63, 3.8) is 0 Å². The van der Waals surface area contributed by atoms with Crippen molar-refractivity contribution in [3.05, 3.63) is 12.3 Å². The molecule has 1 aliphatic carbocycles. The molecule has 1 unspecified atom stereocenters. The average Bonchev–Trinajstić information content (AvgIpc) is 2.35. The van der Waals surface area contributed by atoms with Crippen LogP contribution < -0.4 is 5.32 Å². The van der Waals surface area contributed by atoms with Gasteiger partial charge in [0.25, 0.3) is 0 Å². The minimum atomic E-state index is 0.720. The van der Waals surface area contributed by atoms with E-state index in [9.17, 15) is 0 Å². The quantitative estimate of drug-likeness (QED) is 0.657. The molecule has 1 nitrogen and oxygen atoms in total. The van der Waals surface area contributed by atoms with Gasteiger partial charge in [0.05, 0.1) is 0 Å². The molecule has 2 atom stereocenters. The lowest BCUT2D eigenvalue weighted by Gasteiger charge is -2.14. The molecule has 0 aromatic carbocycles. The Balaban J connectivity index is 2.23. The first-order valence-corrected chi connectivity index (χ1v) is 4.66. The molecular weight excluding hydrogens is 134 g/mol. The number of nitrogens with one attached hydrogen (secondary N) is 1. The highest BCUT2D eigenvalue weighted by Gasteiger charge is 2.20. The van der Waals surface area contributed by atoms with Crippen LogP contribution in [0.1, 0.15) is 39.5 Å². The van der Waals surface area contributed by atoms with E-state index in [-0.39, 0.29) is 0 Å². The smallest absolute Gasteiger partial charge is 0.0260 e. The molecular formula is C10H19N. The summed E-state index contributed by atoms with van der Waals surface area (Å²) in [6.45, 7) is 8.43. The van der Waals surface area contributed by atoms with Crippen LogP contribution in [0, 0.1) is 5.92 Å². The Morgan fingerprint density at radius 3 is 2.73 bits per heavy atom. The fourth-order valence-electron chi connectivity index (χ4n) is 1.73. The summed E-state index contributed by atoms with van der Waals surface area (Å²) in [5.41, 5.74) is 1.20. The van der Waals surface area contributed by atoms with Crippen molar-refractivity contribution < 1.29 is 0 Å². The van der Waals surface area contributed by atoms with Crippen LogP contribution in [0.3, 0.4) is 0 Å². The molecule has 1 saturated carbocycles. The van der Waals surface area contributed by atoms with Crippen LogP contribution in [0.2, 0.25) is 0 Å². The van der Waals surface area contributed by atoms with Crippen molar-refractivity contribution >= 4 is 0 Å². The molecule has 1 fully saturated rings. The highest BCUT2D eigenvalue weighted by molar-refractivity contribution is 4.94. The third kappa shape index (κ3) is 2.57. The Labute approximate surface area is 69.9 Å². The van der Waals surface area contributed by atoms with E-state index < -0.39 is 0 Å². The summed E-state index contributed by atoms with van der Waals surface area (Å²) in [6.07, 6.45) is 5.11. The van der Waals surface area contributed by atoms with Crippen molar-refractivity contribution in [3.8, 4) is 0 Å². The van der Waals surface area contributed by atoms with Gasteiger partial charge in [0.1, 0.15) is 0 Å². The van der Waals surface area contributed by atoms with E-state index in [4.69, 9.17) is 0 Å². The molecule has 0 aromatic heterocycles. The van der Waals surface area contributed by atoms with Crippen LogP contribution >= 0.6 is 0 Å². The monoisotopic (exact) mass is 153 g/mol. The van der Waals surface area contributed by atoms with Gasteiger partial charge < -0.3 is 5.32 Å². The van der Waals surface area contributed by atoms with Crippen molar-refractivity contribution in [1.29, 1.82) is 0 Å². The first kappa shape index (κ1) is 8.63. The van der Waals surface area contributed by atoms with E-state index in [0.717, 1.165) is 18.4 Å². The van der Waals surface area contributed by atoms with Gasteiger partial charge in [-0.3, -0.25) is 0 Å². The number of allylic oxidation sites excluding steroid dienone is 1. The summed E-state index contributed by atoms with van der Waals surface area (Å²) < 4.78 is 0. The van der Waals surface area contributed by atoms with Crippen LogP contribution in [0.15, 0.2) is 12.3 Å². The van der Waals surface area contributed by atoms with Gasteiger partial charge in [-0.25, -0.2) is 0 Å². The molecule has 1 rings (SSSR count). The predicted octanol–water partition coefficient (Wildman–Crippen LogP) is 2.69. The molecule has 0 heterocycles. The minimum Gasteiger partial charge on any atom is -0.386 e. The highest BCUT2D eigenvalue weighted by Crippen LogP contribution is 2.25. The largest absolute Gasteiger partial charge is 0.386 e. The van der Waals surface area contributed by atoms with Crippen molar-refractivity contribution in [2.45, 2.75) is 45.6 Å². The molecule has 1 heteroatoms.